The van der Waals surface area contributed by atoms with E-state index in [1.165, 1.54) is 5.56 Å². The van der Waals surface area contributed by atoms with Crippen molar-refractivity contribution >= 4 is 11.6 Å². The van der Waals surface area contributed by atoms with Gasteiger partial charge in [-0.25, -0.2) is 0 Å². The van der Waals surface area contributed by atoms with Gasteiger partial charge >= 0.3 is 0 Å². The fourth-order valence-electron chi connectivity index (χ4n) is 3.49. The summed E-state index contributed by atoms with van der Waals surface area (Å²) in [6.45, 7) is 6.68. The van der Waals surface area contributed by atoms with Gasteiger partial charge in [-0.3, -0.25) is 9.69 Å². The van der Waals surface area contributed by atoms with Crippen LogP contribution in [0.1, 0.15) is 24.5 Å². The van der Waals surface area contributed by atoms with Crippen LogP contribution in [-0.4, -0.2) is 47.9 Å². The van der Waals surface area contributed by atoms with Crippen LogP contribution in [-0.2, 0) is 17.9 Å². The Morgan fingerprint density at radius 3 is 2.59 bits per heavy atom. The lowest BCUT2D eigenvalue weighted by Gasteiger charge is -2.29. The molecule has 1 aliphatic heterocycles. The third kappa shape index (κ3) is 5.55. The standard InChI is InChI=1S/C22H30N4O/c1-18(23)22(27)26-15-14-25(16-19-8-3-2-4-9-19)13-7-12-24-21-11-6-5-10-20(21)17-26/h2-6,8-11,18,24H,7,12-17,23H2,1H3/t18-/m1/s1. The number of benzene rings is 2. The molecular formula is C22H30N4O. The molecule has 0 aromatic heterocycles. The number of carbonyl (C=O) groups excluding carboxylic acids is 1. The third-order valence-corrected chi connectivity index (χ3v) is 4.98. The molecule has 3 N–H and O–H groups in total. The van der Waals surface area contributed by atoms with Gasteiger partial charge in [0.1, 0.15) is 0 Å². The molecule has 0 saturated carbocycles. The summed E-state index contributed by atoms with van der Waals surface area (Å²) in [5.74, 6) is 0.00344. The number of hydrogen-bond donors (Lipinski definition) is 2. The first-order valence-corrected chi connectivity index (χ1v) is 9.76. The molecule has 0 spiro atoms. The number of rotatable bonds is 3. The fourth-order valence-corrected chi connectivity index (χ4v) is 3.49. The number of nitrogens with two attached hydrogens (primary N) is 1. The first kappa shape index (κ1) is 19.4. The Morgan fingerprint density at radius 1 is 1.07 bits per heavy atom. The second-order valence-corrected chi connectivity index (χ2v) is 7.25. The van der Waals surface area contributed by atoms with Crippen molar-refractivity contribution in [3.63, 3.8) is 0 Å². The van der Waals surface area contributed by atoms with Gasteiger partial charge in [-0.1, -0.05) is 48.5 Å². The quantitative estimate of drug-likeness (QED) is 0.877. The fraction of sp³-hybridized carbons (Fsp3) is 0.409. The predicted octanol–water partition coefficient (Wildman–Crippen LogP) is 2.68. The Labute approximate surface area is 162 Å². The van der Waals surface area contributed by atoms with E-state index >= 15 is 0 Å². The van der Waals surface area contributed by atoms with Crippen molar-refractivity contribution in [3.8, 4) is 0 Å². The van der Waals surface area contributed by atoms with Gasteiger partial charge in [0, 0.05) is 45.0 Å². The molecule has 0 bridgehead atoms. The van der Waals surface area contributed by atoms with E-state index in [0.717, 1.165) is 43.9 Å². The van der Waals surface area contributed by atoms with Crippen molar-refractivity contribution < 1.29 is 4.79 Å². The van der Waals surface area contributed by atoms with Gasteiger partial charge in [0.05, 0.1) is 6.04 Å². The van der Waals surface area contributed by atoms with Crippen molar-refractivity contribution in [2.75, 3.05) is 31.5 Å². The zero-order valence-corrected chi connectivity index (χ0v) is 16.1. The average molecular weight is 367 g/mol. The van der Waals surface area contributed by atoms with E-state index in [1.807, 2.05) is 23.1 Å². The molecule has 27 heavy (non-hydrogen) atoms. The van der Waals surface area contributed by atoms with Gasteiger partial charge in [0.25, 0.3) is 0 Å². The highest BCUT2D eigenvalue weighted by Crippen LogP contribution is 2.19. The van der Waals surface area contributed by atoms with Crippen molar-refractivity contribution in [3.05, 3.63) is 65.7 Å². The molecule has 1 aliphatic rings. The smallest absolute Gasteiger partial charge is 0.239 e. The summed E-state index contributed by atoms with van der Waals surface area (Å²) in [4.78, 5) is 17.0. The van der Waals surface area contributed by atoms with E-state index in [-0.39, 0.29) is 5.91 Å². The van der Waals surface area contributed by atoms with E-state index in [1.54, 1.807) is 6.92 Å². The van der Waals surface area contributed by atoms with E-state index < -0.39 is 6.04 Å². The van der Waals surface area contributed by atoms with Crippen molar-refractivity contribution in [2.24, 2.45) is 5.73 Å². The van der Waals surface area contributed by atoms with Crippen LogP contribution in [0.3, 0.4) is 0 Å². The molecule has 2 aromatic rings. The van der Waals surface area contributed by atoms with Gasteiger partial charge in [0.2, 0.25) is 5.91 Å². The van der Waals surface area contributed by atoms with Crippen molar-refractivity contribution in [1.29, 1.82) is 0 Å². The van der Waals surface area contributed by atoms with E-state index in [4.69, 9.17) is 5.73 Å². The number of amides is 1. The van der Waals surface area contributed by atoms with Crippen LogP contribution in [0, 0.1) is 0 Å². The second kappa shape index (κ2) is 9.53. The number of hydrogen-bond acceptors (Lipinski definition) is 4. The van der Waals surface area contributed by atoms with Crippen molar-refractivity contribution in [1.82, 2.24) is 9.80 Å². The number of nitrogens with one attached hydrogen (secondary N) is 1. The largest absolute Gasteiger partial charge is 0.385 e. The minimum absolute atomic E-state index is 0.00344. The predicted molar refractivity (Wildman–Crippen MR) is 110 cm³/mol. The lowest BCUT2D eigenvalue weighted by atomic mass is 10.1. The van der Waals surface area contributed by atoms with Crippen LogP contribution in [0.2, 0.25) is 0 Å². The molecule has 0 aliphatic carbocycles. The molecule has 5 heteroatoms. The van der Waals surface area contributed by atoms with Gasteiger partial charge in [-0.05, 0) is 30.5 Å². The Morgan fingerprint density at radius 2 is 1.81 bits per heavy atom. The monoisotopic (exact) mass is 366 g/mol. The third-order valence-electron chi connectivity index (χ3n) is 4.98. The highest BCUT2D eigenvalue weighted by atomic mass is 16.2. The summed E-state index contributed by atoms with van der Waals surface area (Å²) in [6, 6.07) is 18.2. The van der Waals surface area contributed by atoms with Gasteiger partial charge < -0.3 is 16.0 Å². The van der Waals surface area contributed by atoms with Crippen LogP contribution in [0.5, 0.6) is 0 Å². The van der Waals surface area contributed by atoms with Crippen molar-refractivity contribution in [2.45, 2.75) is 32.5 Å². The highest BCUT2D eigenvalue weighted by Gasteiger charge is 2.20. The van der Waals surface area contributed by atoms with Gasteiger partial charge in [0.15, 0.2) is 0 Å². The number of para-hydroxylation sites is 1. The van der Waals surface area contributed by atoms with Crippen LogP contribution in [0.4, 0.5) is 5.69 Å². The maximum absolute atomic E-state index is 12.7. The Balaban J connectivity index is 1.77. The number of nitrogens with zero attached hydrogens (tertiary/aromatic N) is 2. The van der Waals surface area contributed by atoms with E-state index in [2.05, 4.69) is 46.6 Å². The minimum Gasteiger partial charge on any atom is -0.385 e. The second-order valence-electron chi connectivity index (χ2n) is 7.25. The minimum atomic E-state index is -0.488. The topological polar surface area (TPSA) is 61.6 Å². The summed E-state index contributed by atoms with van der Waals surface area (Å²) >= 11 is 0. The summed E-state index contributed by atoms with van der Waals surface area (Å²) in [5.41, 5.74) is 9.46. The Bertz CT molecular complexity index is 732. The maximum atomic E-state index is 12.7. The van der Waals surface area contributed by atoms with Crippen LogP contribution in [0.25, 0.3) is 0 Å². The molecule has 144 valence electrons. The summed E-state index contributed by atoms with van der Waals surface area (Å²) in [6.07, 6.45) is 1.06. The molecule has 0 unspecified atom stereocenters. The summed E-state index contributed by atoms with van der Waals surface area (Å²) < 4.78 is 0. The number of anilines is 1. The molecule has 0 saturated heterocycles. The Kier molecular flexibility index (Phi) is 6.85. The Hall–Kier alpha value is -2.37. The highest BCUT2D eigenvalue weighted by molar-refractivity contribution is 5.81. The lowest BCUT2D eigenvalue weighted by molar-refractivity contribution is -0.133. The zero-order valence-electron chi connectivity index (χ0n) is 16.1. The lowest BCUT2D eigenvalue weighted by Crippen LogP contribution is -2.45. The number of carbonyl (C=O) groups is 1. The summed E-state index contributed by atoms with van der Waals surface area (Å²) in [5, 5.41) is 3.54. The molecule has 1 atom stereocenters. The van der Waals surface area contributed by atoms with Crippen LogP contribution >= 0.6 is 0 Å². The molecule has 0 radical (unpaired) electrons. The first-order chi connectivity index (χ1) is 13.1. The maximum Gasteiger partial charge on any atom is 0.239 e. The van der Waals surface area contributed by atoms with Crippen LogP contribution in [0.15, 0.2) is 54.6 Å². The normalized spacial score (nSPS) is 17.3. The molecular weight excluding hydrogens is 336 g/mol. The molecule has 1 heterocycles. The SMILES string of the molecule is C[C@@H](N)C(=O)N1CCN(Cc2ccccc2)CCCNc2ccccc2C1. The van der Waals surface area contributed by atoms with Crippen LogP contribution < -0.4 is 11.1 Å². The van der Waals surface area contributed by atoms with E-state index in [9.17, 15) is 4.79 Å². The average Bonchev–Trinajstić information content (AvgIpc) is 2.72. The molecule has 5 nitrogen and oxygen atoms in total. The zero-order chi connectivity index (χ0) is 19.1. The molecule has 2 aromatic carbocycles. The summed E-state index contributed by atoms with van der Waals surface area (Å²) in [7, 11) is 0. The first-order valence-electron chi connectivity index (χ1n) is 9.76. The van der Waals surface area contributed by atoms with E-state index in [0.29, 0.717) is 13.1 Å². The number of fused-ring (bicyclic) bond motifs is 1. The van der Waals surface area contributed by atoms with Gasteiger partial charge in [-0.15, -0.1) is 0 Å². The molecule has 1 amide bonds. The molecule has 3 rings (SSSR count). The van der Waals surface area contributed by atoms with Gasteiger partial charge in [-0.2, -0.15) is 0 Å². The molecule has 0 fully saturated rings.